The van der Waals surface area contributed by atoms with Crippen molar-refractivity contribution < 1.29 is 4.39 Å². The molecule has 0 spiro atoms. The van der Waals surface area contributed by atoms with Gasteiger partial charge in [0.1, 0.15) is 11.0 Å². The predicted molar refractivity (Wildman–Crippen MR) is 45.7 cm³/mol. The van der Waals surface area contributed by atoms with E-state index < -0.39 is 5.82 Å². The van der Waals surface area contributed by atoms with Crippen molar-refractivity contribution in [2.24, 2.45) is 0 Å². The zero-order chi connectivity index (χ0) is 8.72. The van der Waals surface area contributed by atoms with Crippen LogP contribution in [0.15, 0.2) is 16.9 Å². The Morgan fingerprint density at radius 3 is 2.92 bits per heavy atom. The van der Waals surface area contributed by atoms with Crippen LogP contribution in [0.4, 0.5) is 4.39 Å². The molecule has 12 heavy (non-hydrogen) atoms. The van der Waals surface area contributed by atoms with E-state index in [0.29, 0.717) is 10.4 Å². The van der Waals surface area contributed by atoms with Gasteiger partial charge in [0.15, 0.2) is 5.65 Å². The fraction of sp³-hybridized carbons (Fsp3) is 0. The molecule has 0 saturated heterocycles. The van der Waals surface area contributed by atoms with E-state index in [1.54, 1.807) is 0 Å². The molecule has 2 rings (SSSR count). The minimum atomic E-state index is -0.424. The van der Waals surface area contributed by atoms with Crippen molar-refractivity contribution in [1.82, 2.24) is 14.6 Å². The Balaban J connectivity index is 2.93. The number of aromatic nitrogens is 3. The largest absolute Gasteiger partial charge is 0.259 e. The van der Waals surface area contributed by atoms with Crippen LogP contribution in [-0.2, 0) is 0 Å². The number of pyridine rings is 1. The van der Waals surface area contributed by atoms with E-state index >= 15 is 0 Å². The van der Waals surface area contributed by atoms with Crippen molar-refractivity contribution >= 4 is 33.2 Å². The van der Waals surface area contributed by atoms with E-state index in [0.717, 1.165) is 0 Å². The van der Waals surface area contributed by atoms with E-state index in [9.17, 15) is 4.39 Å². The highest BCUT2D eigenvalue weighted by Gasteiger charge is 2.07. The van der Waals surface area contributed by atoms with Gasteiger partial charge in [-0.15, -0.1) is 10.2 Å². The minimum Gasteiger partial charge on any atom is -0.259 e. The van der Waals surface area contributed by atoms with Gasteiger partial charge in [-0.3, -0.25) is 4.40 Å². The molecule has 2 heterocycles. The number of rotatable bonds is 0. The highest BCUT2D eigenvalue weighted by Crippen LogP contribution is 2.18. The van der Waals surface area contributed by atoms with Crippen LogP contribution in [0.1, 0.15) is 0 Å². The predicted octanol–water partition coefficient (Wildman–Crippen LogP) is 2.28. The molecule has 6 heteroatoms. The van der Waals surface area contributed by atoms with Crippen molar-refractivity contribution in [1.29, 1.82) is 0 Å². The highest BCUT2D eigenvalue weighted by molar-refractivity contribution is 9.10. The first kappa shape index (κ1) is 7.94. The Morgan fingerprint density at radius 1 is 1.42 bits per heavy atom. The lowest BCUT2D eigenvalue weighted by Crippen LogP contribution is -1.88. The molecule has 2 aromatic rings. The fourth-order valence-corrected chi connectivity index (χ4v) is 1.74. The third-order valence-electron chi connectivity index (χ3n) is 1.39. The lowest BCUT2D eigenvalue weighted by atomic mass is 10.4. The van der Waals surface area contributed by atoms with Gasteiger partial charge in [-0.25, -0.2) is 4.39 Å². The summed E-state index contributed by atoms with van der Waals surface area (Å²) in [5, 5.41) is 7.60. The number of fused-ring (bicyclic) bond motifs is 1. The van der Waals surface area contributed by atoms with Gasteiger partial charge >= 0.3 is 0 Å². The molecular formula is C6H2BrClFN3. The number of halogens is 3. The Hall–Kier alpha value is -0.680. The topological polar surface area (TPSA) is 30.2 Å². The lowest BCUT2D eigenvalue weighted by molar-refractivity contribution is 0.626. The molecule has 0 bridgehead atoms. The monoisotopic (exact) mass is 249 g/mol. The van der Waals surface area contributed by atoms with Gasteiger partial charge in [-0.2, -0.15) is 0 Å². The summed E-state index contributed by atoms with van der Waals surface area (Å²) >= 11 is 8.85. The van der Waals surface area contributed by atoms with Gasteiger partial charge in [0.25, 0.3) is 0 Å². The number of hydrogen-bond donors (Lipinski definition) is 0. The second kappa shape index (κ2) is 2.67. The summed E-state index contributed by atoms with van der Waals surface area (Å²) in [5.41, 5.74) is 0.381. The minimum absolute atomic E-state index is 0.238. The van der Waals surface area contributed by atoms with Crippen LogP contribution in [0.2, 0.25) is 5.15 Å². The van der Waals surface area contributed by atoms with Crippen molar-refractivity contribution in [3.8, 4) is 0 Å². The standard InChI is InChI=1S/C6H2BrClFN3/c7-6-11-10-5-2-3(9)1-4(8)12(5)6/h1-2H. The summed E-state index contributed by atoms with van der Waals surface area (Å²) in [5.74, 6) is -0.424. The van der Waals surface area contributed by atoms with Crippen LogP contribution in [0, 0.1) is 5.82 Å². The lowest BCUT2D eigenvalue weighted by Gasteiger charge is -1.96. The van der Waals surface area contributed by atoms with Gasteiger partial charge in [0.05, 0.1) is 0 Å². The van der Waals surface area contributed by atoms with E-state index in [2.05, 4.69) is 26.1 Å². The molecule has 0 radical (unpaired) electrons. The molecule has 3 nitrogen and oxygen atoms in total. The van der Waals surface area contributed by atoms with Crippen molar-refractivity contribution in [3.05, 3.63) is 27.8 Å². The maximum absolute atomic E-state index is 12.7. The molecule has 0 saturated carbocycles. The third kappa shape index (κ3) is 1.09. The van der Waals surface area contributed by atoms with E-state index in [1.165, 1.54) is 16.5 Å². The van der Waals surface area contributed by atoms with Crippen LogP contribution >= 0.6 is 27.5 Å². The Labute approximate surface area is 80.3 Å². The molecule has 0 atom stereocenters. The summed E-state index contributed by atoms with van der Waals surface area (Å²) in [7, 11) is 0. The summed E-state index contributed by atoms with van der Waals surface area (Å²) in [6, 6.07) is 2.45. The molecule has 0 aliphatic rings. The average molecular weight is 250 g/mol. The van der Waals surface area contributed by atoms with E-state index in [4.69, 9.17) is 11.6 Å². The first-order valence-electron chi connectivity index (χ1n) is 3.04. The summed E-state index contributed by atoms with van der Waals surface area (Å²) in [6.07, 6.45) is 0. The van der Waals surface area contributed by atoms with E-state index in [1.807, 2.05) is 0 Å². The molecule has 62 valence electrons. The van der Waals surface area contributed by atoms with Gasteiger partial charge in [-0.1, -0.05) is 11.6 Å². The average Bonchev–Trinajstić information content (AvgIpc) is 2.31. The van der Waals surface area contributed by atoms with Gasteiger partial charge < -0.3 is 0 Å². The smallest absolute Gasteiger partial charge is 0.205 e. The van der Waals surface area contributed by atoms with Crippen LogP contribution < -0.4 is 0 Å². The highest BCUT2D eigenvalue weighted by atomic mass is 79.9. The van der Waals surface area contributed by atoms with Gasteiger partial charge in [0, 0.05) is 12.1 Å². The number of hydrogen-bond acceptors (Lipinski definition) is 2. The first-order chi connectivity index (χ1) is 5.68. The molecule has 2 aromatic heterocycles. The fourth-order valence-electron chi connectivity index (χ4n) is 0.911. The summed E-state index contributed by atoms with van der Waals surface area (Å²) < 4.78 is 14.7. The van der Waals surface area contributed by atoms with Crippen LogP contribution in [-0.4, -0.2) is 14.6 Å². The molecular weight excluding hydrogens is 248 g/mol. The first-order valence-corrected chi connectivity index (χ1v) is 4.21. The molecule has 0 N–H and O–H groups in total. The molecule has 0 fully saturated rings. The Bertz CT molecular complexity index is 442. The number of nitrogens with zero attached hydrogens (tertiary/aromatic N) is 3. The second-order valence-corrected chi connectivity index (χ2v) is 3.26. The van der Waals surface area contributed by atoms with Gasteiger partial charge in [0.2, 0.25) is 4.73 Å². The van der Waals surface area contributed by atoms with Crippen molar-refractivity contribution in [2.45, 2.75) is 0 Å². The molecule has 0 aliphatic carbocycles. The zero-order valence-electron chi connectivity index (χ0n) is 5.63. The Kier molecular flexibility index (Phi) is 1.77. The normalized spacial score (nSPS) is 10.9. The molecule has 0 aliphatic heterocycles. The van der Waals surface area contributed by atoms with Crippen LogP contribution in [0.3, 0.4) is 0 Å². The van der Waals surface area contributed by atoms with Crippen molar-refractivity contribution in [3.63, 3.8) is 0 Å². The molecule has 0 aromatic carbocycles. The van der Waals surface area contributed by atoms with E-state index in [-0.39, 0.29) is 5.15 Å². The molecule has 0 amide bonds. The Morgan fingerprint density at radius 2 is 2.17 bits per heavy atom. The molecule has 0 unspecified atom stereocenters. The summed E-state index contributed by atoms with van der Waals surface area (Å²) in [4.78, 5) is 0. The second-order valence-electron chi connectivity index (χ2n) is 2.16. The van der Waals surface area contributed by atoms with Crippen LogP contribution in [0.25, 0.3) is 5.65 Å². The maximum Gasteiger partial charge on any atom is 0.205 e. The quantitative estimate of drug-likeness (QED) is 0.672. The maximum atomic E-state index is 12.7. The van der Waals surface area contributed by atoms with Gasteiger partial charge in [-0.05, 0) is 15.9 Å². The van der Waals surface area contributed by atoms with Crippen LogP contribution in [0.5, 0.6) is 0 Å². The SMILES string of the molecule is Fc1cc(Cl)n2c(Br)nnc2c1. The summed E-state index contributed by atoms with van der Waals surface area (Å²) in [6.45, 7) is 0. The zero-order valence-corrected chi connectivity index (χ0v) is 7.97. The third-order valence-corrected chi connectivity index (χ3v) is 2.18. The van der Waals surface area contributed by atoms with Crippen molar-refractivity contribution in [2.75, 3.05) is 0 Å².